The van der Waals surface area contributed by atoms with E-state index < -0.39 is 5.97 Å². The van der Waals surface area contributed by atoms with Crippen molar-refractivity contribution in [2.45, 2.75) is 155 Å². The maximum atomic E-state index is 10.4. The Bertz CT molecular complexity index is 314. The van der Waals surface area contributed by atoms with Crippen molar-refractivity contribution >= 4 is 5.97 Å². The molecule has 0 aliphatic carbocycles. The predicted molar refractivity (Wildman–Crippen MR) is 124 cm³/mol. The van der Waals surface area contributed by atoms with Crippen LogP contribution in [-0.4, -0.2) is 11.1 Å². The Morgan fingerprint density at radius 2 is 0.857 bits per heavy atom. The minimum atomic E-state index is -0.650. The summed E-state index contributed by atoms with van der Waals surface area (Å²) in [6.45, 7) is 4.69. The lowest BCUT2D eigenvalue weighted by Crippen LogP contribution is -1.93. The van der Waals surface area contributed by atoms with Crippen molar-refractivity contribution in [2.75, 3.05) is 0 Å². The van der Waals surface area contributed by atoms with Crippen LogP contribution in [-0.2, 0) is 4.79 Å². The molecule has 0 heterocycles. The summed E-state index contributed by atoms with van der Waals surface area (Å²) < 4.78 is 0. The van der Waals surface area contributed by atoms with E-state index in [9.17, 15) is 4.79 Å². The zero-order chi connectivity index (χ0) is 20.7. The SMILES string of the molecule is CC[C@@H](C)CCCCCCCCCCCCCCCCCCCCCC(=O)O. The highest BCUT2D eigenvalue weighted by atomic mass is 16.4. The van der Waals surface area contributed by atoms with Gasteiger partial charge >= 0.3 is 5.97 Å². The van der Waals surface area contributed by atoms with E-state index in [4.69, 9.17) is 5.11 Å². The zero-order valence-electron chi connectivity index (χ0n) is 19.5. The van der Waals surface area contributed by atoms with Crippen LogP contribution >= 0.6 is 0 Å². The number of aliphatic carboxylic acids is 1. The summed E-state index contributed by atoms with van der Waals surface area (Å²) in [6.07, 6.45) is 29.0. The van der Waals surface area contributed by atoms with E-state index >= 15 is 0 Å². The van der Waals surface area contributed by atoms with E-state index in [1.165, 1.54) is 122 Å². The molecule has 0 amide bonds. The van der Waals surface area contributed by atoms with Gasteiger partial charge in [-0.05, 0) is 12.3 Å². The van der Waals surface area contributed by atoms with Gasteiger partial charge in [0.1, 0.15) is 0 Å². The molecule has 0 spiro atoms. The molecule has 2 heteroatoms. The highest BCUT2D eigenvalue weighted by Crippen LogP contribution is 2.16. The molecule has 0 radical (unpaired) electrons. The van der Waals surface area contributed by atoms with E-state index in [1.54, 1.807) is 0 Å². The van der Waals surface area contributed by atoms with Crippen LogP contribution in [0.2, 0.25) is 0 Å². The molecule has 0 aliphatic rings. The van der Waals surface area contributed by atoms with Crippen molar-refractivity contribution in [3.8, 4) is 0 Å². The van der Waals surface area contributed by atoms with E-state index in [0.717, 1.165) is 18.8 Å². The van der Waals surface area contributed by atoms with Crippen LogP contribution in [0, 0.1) is 5.92 Å². The van der Waals surface area contributed by atoms with Crippen LogP contribution in [0.25, 0.3) is 0 Å². The first kappa shape index (κ1) is 27.5. The Kier molecular flexibility index (Phi) is 22.3. The number of unbranched alkanes of at least 4 members (excludes halogenated alkanes) is 18. The van der Waals surface area contributed by atoms with Gasteiger partial charge in [0.15, 0.2) is 0 Å². The van der Waals surface area contributed by atoms with Crippen molar-refractivity contribution in [2.24, 2.45) is 5.92 Å². The number of carboxylic acid groups (broad SMARTS) is 1. The van der Waals surface area contributed by atoms with Crippen molar-refractivity contribution in [1.29, 1.82) is 0 Å². The molecule has 168 valence electrons. The van der Waals surface area contributed by atoms with Gasteiger partial charge in [0, 0.05) is 6.42 Å². The molecular formula is C26H52O2. The monoisotopic (exact) mass is 396 g/mol. The van der Waals surface area contributed by atoms with Crippen molar-refractivity contribution in [1.82, 2.24) is 0 Å². The fraction of sp³-hybridized carbons (Fsp3) is 0.962. The Labute approximate surface area is 177 Å². The summed E-state index contributed by atoms with van der Waals surface area (Å²) in [4.78, 5) is 10.4. The topological polar surface area (TPSA) is 37.3 Å². The molecule has 0 rings (SSSR count). The Morgan fingerprint density at radius 1 is 0.571 bits per heavy atom. The van der Waals surface area contributed by atoms with E-state index in [1.807, 2.05) is 0 Å². The fourth-order valence-corrected chi connectivity index (χ4v) is 3.98. The van der Waals surface area contributed by atoms with Crippen LogP contribution in [0.3, 0.4) is 0 Å². The molecule has 0 bridgehead atoms. The van der Waals surface area contributed by atoms with Gasteiger partial charge in [0.2, 0.25) is 0 Å². The van der Waals surface area contributed by atoms with Gasteiger partial charge in [-0.2, -0.15) is 0 Å². The Hall–Kier alpha value is -0.530. The van der Waals surface area contributed by atoms with Crippen molar-refractivity contribution < 1.29 is 9.90 Å². The predicted octanol–water partition coefficient (Wildman–Crippen LogP) is 9.31. The second kappa shape index (κ2) is 22.8. The summed E-state index contributed by atoms with van der Waals surface area (Å²) in [5.74, 6) is 0.282. The maximum absolute atomic E-state index is 10.4. The minimum absolute atomic E-state index is 0.346. The molecule has 2 nitrogen and oxygen atoms in total. The van der Waals surface area contributed by atoms with E-state index in [-0.39, 0.29) is 0 Å². The molecule has 1 N–H and O–H groups in total. The van der Waals surface area contributed by atoms with Gasteiger partial charge in [0.05, 0.1) is 0 Å². The first-order chi connectivity index (χ1) is 13.7. The number of carbonyl (C=O) groups is 1. The van der Waals surface area contributed by atoms with Gasteiger partial charge in [0.25, 0.3) is 0 Å². The van der Waals surface area contributed by atoms with Crippen LogP contribution < -0.4 is 0 Å². The Balaban J connectivity index is 3.02. The molecular weight excluding hydrogens is 344 g/mol. The van der Waals surface area contributed by atoms with E-state index in [2.05, 4.69) is 13.8 Å². The zero-order valence-corrected chi connectivity index (χ0v) is 19.5. The second-order valence-corrected chi connectivity index (χ2v) is 9.16. The summed E-state index contributed by atoms with van der Waals surface area (Å²) in [5.41, 5.74) is 0. The van der Waals surface area contributed by atoms with Crippen molar-refractivity contribution in [3.05, 3.63) is 0 Å². The van der Waals surface area contributed by atoms with Gasteiger partial charge in [-0.3, -0.25) is 4.79 Å². The number of hydrogen-bond acceptors (Lipinski definition) is 1. The largest absolute Gasteiger partial charge is 0.481 e. The molecule has 1 atom stereocenters. The molecule has 0 aromatic rings. The van der Waals surface area contributed by atoms with Crippen molar-refractivity contribution in [3.63, 3.8) is 0 Å². The quantitative estimate of drug-likeness (QED) is 0.175. The first-order valence-electron chi connectivity index (χ1n) is 12.9. The van der Waals surface area contributed by atoms with Gasteiger partial charge < -0.3 is 5.11 Å². The molecule has 0 aliphatic heterocycles. The first-order valence-corrected chi connectivity index (χ1v) is 12.9. The third-order valence-electron chi connectivity index (χ3n) is 6.28. The van der Waals surface area contributed by atoms with Crippen LogP contribution in [0.1, 0.15) is 155 Å². The van der Waals surface area contributed by atoms with Gasteiger partial charge in [-0.15, -0.1) is 0 Å². The number of hydrogen-bond donors (Lipinski definition) is 1. The van der Waals surface area contributed by atoms with E-state index in [0.29, 0.717) is 6.42 Å². The second-order valence-electron chi connectivity index (χ2n) is 9.16. The van der Waals surface area contributed by atoms with Crippen LogP contribution in [0.15, 0.2) is 0 Å². The molecule has 0 saturated carbocycles. The third kappa shape index (κ3) is 23.5. The minimum Gasteiger partial charge on any atom is -0.481 e. The summed E-state index contributed by atoms with van der Waals surface area (Å²) in [7, 11) is 0. The molecule has 0 fully saturated rings. The lowest BCUT2D eigenvalue weighted by atomic mass is 9.99. The number of carboxylic acids is 1. The fourth-order valence-electron chi connectivity index (χ4n) is 3.98. The average Bonchev–Trinajstić information content (AvgIpc) is 2.68. The summed E-state index contributed by atoms with van der Waals surface area (Å²) >= 11 is 0. The standard InChI is InChI=1S/C26H52O2/c1-3-25(2)23-21-19-17-15-13-11-9-7-5-4-6-8-10-12-14-16-18-20-22-24-26(27)28/h25H,3-24H2,1-2H3,(H,27,28)/t25-/m1/s1. The van der Waals surface area contributed by atoms with Gasteiger partial charge in [-0.1, -0.05) is 142 Å². The lowest BCUT2D eigenvalue weighted by Gasteiger charge is -2.07. The van der Waals surface area contributed by atoms with Gasteiger partial charge in [-0.25, -0.2) is 0 Å². The smallest absolute Gasteiger partial charge is 0.303 e. The van der Waals surface area contributed by atoms with Crippen LogP contribution in [0.5, 0.6) is 0 Å². The molecule has 0 aromatic carbocycles. The Morgan fingerprint density at radius 3 is 1.14 bits per heavy atom. The number of rotatable bonds is 23. The highest BCUT2D eigenvalue weighted by molar-refractivity contribution is 5.66. The summed E-state index contributed by atoms with van der Waals surface area (Å²) in [6, 6.07) is 0. The lowest BCUT2D eigenvalue weighted by molar-refractivity contribution is -0.137. The molecule has 0 unspecified atom stereocenters. The average molecular weight is 397 g/mol. The molecule has 0 saturated heterocycles. The molecule has 0 aromatic heterocycles. The normalized spacial score (nSPS) is 12.4. The maximum Gasteiger partial charge on any atom is 0.303 e. The van der Waals surface area contributed by atoms with Crippen LogP contribution in [0.4, 0.5) is 0 Å². The summed E-state index contributed by atoms with van der Waals surface area (Å²) in [5, 5.41) is 8.59. The molecule has 28 heavy (non-hydrogen) atoms. The highest BCUT2D eigenvalue weighted by Gasteiger charge is 1.99. The third-order valence-corrected chi connectivity index (χ3v) is 6.28.